The molecular formula is C13H21NO. The summed E-state index contributed by atoms with van der Waals surface area (Å²) in [6, 6.07) is 4.65. The zero-order valence-corrected chi connectivity index (χ0v) is 9.70. The lowest BCUT2D eigenvalue weighted by atomic mass is 9.78. The van der Waals surface area contributed by atoms with Crippen molar-refractivity contribution >= 4 is 0 Å². The molecule has 3 atom stereocenters. The van der Waals surface area contributed by atoms with E-state index in [4.69, 9.17) is 4.42 Å². The van der Waals surface area contributed by atoms with Crippen LogP contribution in [0.15, 0.2) is 22.8 Å². The first-order valence-corrected chi connectivity index (χ1v) is 6.03. The van der Waals surface area contributed by atoms with Gasteiger partial charge in [0.2, 0.25) is 0 Å². The second-order valence-electron chi connectivity index (χ2n) is 4.83. The van der Waals surface area contributed by atoms with Crippen molar-refractivity contribution in [1.29, 1.82) is 0 Å². The van der Waals surface area contributed by atoms with Gasteiger partial charge in [0, 0.05) is 6.04 Å². The smallest absolute Gasteiger partial charge is 0.117 e. The Bertz CT molecular complexity index is 281. The van der Waals surface area contributed by atoms with Gasteiger partial charge in [-0.2, -0.15) is 0 Å². The van der Waals surface area contributed by atoms with Crippen LogP contribution in [0.25, 0.3) is 0 Å². The Labute approximate surface area is 92.1 Å². The minimum absolute atomic E-state index is 0.666. The van der Waals surface area contributed by atoms with E-state index in [0.717, 1.165) is 24.1 Å². The molecule has 1 heterocycles. The van der Waals surface area contributed by atoms with Gasteiger partial charge in [0.15, 0.2) is 0 Å². The second-order valence-corrected chi connectivity index (χ2v) is 4.83. The van der Waals surface area contributed by atoms with Gasteiger partial charge in [0.1, 0.15) is 5.76 Å². The van der Waals surface area contributed by atoms with Crippen molar-refractivity contribution in [2.24, 2.45) is 11.8 Å². The molecule has 0 amide bonds. The van der Waals surface area contributed by atoms with Crippen LogP contribution in [-0.2, 0) is 6.54 Å². The Balaban J connectivity index is 1.83. The first kappa shape index (κ1) is 10.7. The van der Waals surface area contributed by atoms with E-state index in [9.17, 15) is 0 Å². The van der Waals surface area contributed by atoms with Gasteiger partial charge in [-0.25, -0.2) is 0 Å². The minimum Gasteiger partial charge on any atom is -0.468 e. The number of hydrogen-bond acceptors (Lipinski definition) is 2. The fourth-order valence-corrected chi connectivity index (χ4v) is 2.51. The molecule has 0 aliphatic heterocycles. The molecule has 2 rings (SSSR count). The molecule has 1 aliphatic rings. The fraction of sp³-hybridized carbons (Fsp3) is 0.692. The van der Waals surface area contributed by atoms with Crippen LogP contribution >= 0.6 is 0 Å². The largest absolute Gasteiger partial charge is 0.468 e. The SMILES string of the molecule is C[C@@H]1[C@H](C)CCC[C@@H]1NCc1ccco1. The Hall–Kier alpha value is -0.760. The maximum atomic E-state index is 5.32. The summed E-state index contributed by atoms with van der Waals surface area (Å²) in [5.41, 5.74) is 0. The van der Waals surface area contributed by atoms with Gasteiger partial charge >= 0.3 is 0 Å². The first-order chi connectivity index (χ1) is 7.27. The molecule has 0 unspecified atom stereocenters. The topological polar surface area (TPSA) is 25.2 Å². The van der Waals surface area contributed by atoms with Crippen molar-refractivity contribution in [1.82, 2.24) is 5.32 Å². The Kier molecular flexibility index (Phi) is 3.47. The van der Waals surface area contributed by atoms with Gasteiger partial charge < -0.3 is 9.73 Å². The van der Waals surface area contributed by atoms with Crippen LogP contribution in [0, 0.1) is 11.8 Å². The van der Waals surface area contributed by atoms with E-state index in [1.807, 2.05) is 12.1 Å². The summed E-state index contributed by atoms with van der Waals surface area (Å²) in [5, 5.41) is 3.61. The zero-order chi connectivity index (χ0) is 10.7. The Morgan fingerprint density at radius 1 is 1.40 bits per heavy atom. The molecule has 1 aliphatic carbocycles. The Morgan fingerprint density at radius 2 is 2.27 bits per heavy atom. The molecule has 0 spiro atoms. The summed E-state index contributed by atoms with van der Waals surface area (Å²) in [6.45, 7) is 5.60. The highest BCUT2D eigenvalue weighted by Crippen LogP contribution is 2.29. The molecule has 0 saturated heterocycles. The Morgan fingerprint density at radius 3 is 3.00 bits per heavy atom. The zero-order valence-electron chi connectivity index (χ0n) is 9.70. The number of nitrogens with one attached hydrogen (secondary N) is 1. The van der Waals surface area contributed by atoms with E-state index < -0.39 is 0 Å². The molecule has 84 valence electrons. The highest BCUT2D eigenvalue weighted by atomic mass is 16.3. The molecule has 0 aromatic carbocycles. The monoisotopic (exact) mass is 207 g/mol. The summed E-state index contributed by atoms with van der Waals surface area (Å²) in [5.74, 6) is 2.68. The van der Waals surface area contributed by atoms with Crippen LogP contribution < -0.4 is 5.32 Å². The molecule has 2 heteroatoms. The molecule has 1 N–H and O–H groups in total. The molecule has 2 nitrogen and oxygen atoms in total. The highest BCUT2D eigenvalue weighted by molar-refractivity contribution is 4.98. The number of rotatable bonds is 3. The summed E-state index contributed by atoms with van der Waals surface area (Å²) in [4.78, 5) is 0. The standard InChI is InChI=1S/C13H21NO/c1-10-5-3-7-13(11(10)2)14-9-12-6-4-8-15-12/h4,6,8,10-11,13-14H,3,5,7,9H2,1-2H3/t10-,11-,13+/m1/s1. The van der Waals surface area contributed by atoms with Gasteiger partial charge in [-0.3, -0.25) is 0 Å². The van der Waals surface area contributed by atoms with Gasteiger partial charge in [-0.05, 0) is 30.4 Å². The van der Waals surface area contributed by atoms with Crippen LogP contribution in [0.3, 0.4) is 0 Å². The molecule has 0 bridgehead atoms. The van der Waals surface area contributed by atoms with E-state index in [0.29, 0.717) is 6.04 Å². The third-order valence-corrected chi connectivity index (χ3v) is 3.83. The third kappa shape index (κ3) is 2.63. The van der Waals surface area contributed by atoms with Crippen molar-refractivity contribution in [2.45, 2.75) is 45.7 Å². The van der Waals surface area contributed by atoms with Crippen LogP contribution in [0.5, 0.6) is 0 Å². The van der Waals surface area contributed by atoms with Crippen LogP contribution in [0.2, 0.25) is 0 Å². The van der Waals surface area contributed by atoms with Crippen molar-refractivity contribution in [2.75, 3.05) is 0 Å². The minimum atomic E-state index is 0.666. The predicted octanol–water partition coefficient (Wildman–Crippen LogP) is 3.19. The van der Waals surface area contributed by atoms with Gasteiger partial charge in [-0.1, -0.05) is 26.7 Å². The van der Waals surface area contributed by atoms with E-state index in [1.54, 1.807) is 6.26 Å². The van der Waals surface area contributed by atoms with Crippen molar-refractivity contribution in [3.05, 3.63) is 24.2 Å². The molecule has 15 heavy (non-hydrogen) atoms. The number of hydrogen-bond donors (Lipinski definition) is 1. The summed E-state index contributed by atoms with van der Waals surface area (Å²) in [6.07, 6.45) is 5.80. The van der Waals surface area contributed by atoms with E-state index in [2.05, 4.69) is 19.2 Å². The maximum Gasteiger partial charge on any atom is 0.117 e. The fourth-order valence-electron chi connectivity index (χ4n) is 2.51. The lowest BCUT2D eigenvalue weighted by Crippen LogP contribution is -2.40. The molecule has 1 fully saturated rings. The third-order valence-electron chi connectivity index (χ3n) is 3.83. The van der Waals surface area contributed by atoms with Gasteiger partial charge in [0.25, 0.3) is 0 Å². The number of furan rings is 1. The van der Waals surface area contributed by atoms with E-state index >= 15 is 0 Å². The predicted molar refractivity (Wildman–Crippen MR) is 61.5 cm³/mol. The summed E-state index contributed by atoms with van der Waals surface area (Å²) >= 11 is 0. The van der Waals surface area contributed by atoms with Crippen molar-refractivity contribution in [3.63, 3.8) is 0 Å². The molecule has 1 aromatic rings. The summed E-state index contributed by atoms with van der Waals surface area (Å²) < 4.78 is 5.32. The molecule has 0 radical (unpaired) electrons. The van der Waals surface area contributed by atoms with Gasteiger partial charge in [-0.15, -0.1) is 0 Å². The van der Waals surface area contributed by atoms with Crippen molar-refractivity contribution < 1.29 is 4.42 Å². The molecule has 1 aromatic heterocycles. The van der Waals surface area contributed by atoms with Crippen molar-refractivity contribution in [3.8, 4) is 0 Å². The normalized spacial score (nSPS) is 31.7. The van der Waals surface area contributed by atoms with Gasteiger partial charge in [0.05, 0.1) is 12.8 Å². The summed E-state index contributed by atoms with van der Waals surface area (Å²) in [7, 11) is 0. The lowest BCUT2D eigenvalue weighted by molar-refractivity contribution is 0.203. The average Bonchev–Trinajstić information content (AvgIpc) is 2.73. The molecular weight excluding hydrogens is 186 g/mol. The van der Waals surface area contributed by atoms with Crippen LogP contribution in [0.1, 0.15) is 38.9 Å². The molecule has 1 saturated carbocycles. The lowest BCUT2D eigenvalue weighted by Gasteiger charge is -2.34. The van der Waals surface area contributed by atoms with Crippen LogP contribution in [0.4, 0.5) is 0 Å². The second kappa shape index (κ2) is 4.84. The average molecular weight is 207 g/mol. The first-order valence-electron chi connectivity index (χ1n) is 6.03. The van der Waals surface area contributed by atoms with E-state index in [-0.39, 0.29) is 0 Å². The highest BCUT2D eigenvalue weighted by Gasteiger charge is 2.26. The maximum absolute atomic E-state index is 5.32. The van der Waals surface area contributed by atoms with E-state index in [1.165, 1.54) is 19.3 Å². The van der Waals surface area contributed by atoms with Crippen LogP contribution in [-0.4, -0.2) is 6.04 Å². The quantitative estimate of drug-likeness (QED) is 0.823.